The number of imidazole rings is 2. The van der Waals surface area contributed by atoms with E-state index in [0.29, 0.717) is 34.7 Å². The normalized spacial score (nSPS) is 15.5. The molecule has 0 bridgehead atoms. The molecule has 17 heteroatoms. The van der Waals surface area contributed by atoms with Crippen molar-refractivity contribution in [2.75, 3.05) is 48.2 Å². The molecule has 8 aromatic rings. The minimum absolute atomic E-state index is 0.351. The van der Waals surface area contributed by atoms with Crippen molar-refractivity contribution >= 4 is 68.1 Å². The summed E-state index contributed by atoms with van der Waals surface area (Å²) in [4.78, 5) is 45.6. The number of aromatic nitrogens is 8. The number of fused-ring (bicyclic) bond motifs is 2. The van der Waals surface area contributed by atoms with Crippen LogP contribution >= 0.6 is 15.9 Å². The van der Waals surface area contributed by atoms with Crippen molar-refractivity contribution in [1.82, 2.24) is 39.2 Å². The van der Waals surface area contributed by atoms with Crippen molar-refractivity contribution < 1.29 is 19.1 Å². The second-order valence-electron chi connectivity index (χ2n) is 15.6. The summed E-state index contributed by atoms with van der Waals surface area (Å²) in [7, 11) is 2.73. The molecule has 8 heterocycles. The van der Waals surface area contributed by atoms with Gasteiger partial charge in [0.2, 0.25) is 0 Å². The Balaban J connectivity index is 0.000000148. The average Bonchev–Trinajstić information content (AvgIpc) is 4.18. The van der Waals surface area contributed by atoms with Gasteiger partial charge in [-0.1, -0.05) is 36.4 Å². The predicted molar refractivity (Wildman–Crippen MR) is 255 cm³/mol. The molecule has 0 aliphatic carbocycles. The summed E-state index contributed by atoms with van der Waals surface area (Å²) in [5.41, 5.74) is 12.2. The minimum atomic E-state index is -0.366. The van der Waals surface area contributed by atoms with Crippen molar-refractivity contribution in [3.8, 4) is 22.5 Å². The highest BCUT2D eigenvalue weighted by atomic mass is 79.9. The van der Waals surface area contributed by atoms with Crippen LogP contribution in [0.1, 0.15) is 60.2 Å². The number of hydrogen-bond acceptors (Lipinski definition) is 14. The van der Waals surface area contributed by atoms with Gasteiger partial charge in [-0.3, -0.25) is 0 Å². The molecule has 332 valence electrons. The number of nitrogens with one attached hydrogen (secondary N) is 1. The van der Waals surface area contributed by atoms with E-state index in [-0.39, 0.29) is 11.9 Å². The van der Waals surface area contributed by atoms with Gasteiger partial charge in [-0.15, -0.1) is 0 Å². The van der Waals surface area contributed by atoms with Gasteiger partial charge in [0.1, 0.15) is 23.3 Å². The summed E-state index contributed by atoms with van der Waals surface area (Å²) >= 11 is 3.48. The van der Waals surface area contributed by atoms with Gasteiger partial charge in [-0.2, -0.15) is 10.2 Å². The summed E-state index contributed by atoms with van der Waals surface area (Å²) in [5.74, 6) is 2.64. The number of ether oxygens (including phenoxy) is 2. The topological polar surface area (TPSA) is 183 Å². The molecule has 2 aromatic carbocycles. The maximum absolute atomic E-state index is 11.7. The van der Waals surface area contributed by atoms with E-state index in [9.17, 15) is 9.59 Å². The number of rotatable bonds is 8. The Labute approximate surface area is 384 Å². The van der Waals surface area contributed by atoms with Crippen LogP contribution in [0.3, 0.4) is 0 Å². The number of anilines is 5. The molecule has 0 spiro atoms. The van der Waals surface area contributed by atoms with Crippen LogP contribution in [0.2, 0.25) is 0 Å². The number of carbonyl (C=O) groups is 2. The highest BCUT2D eigenvalue weighted by Gasteiger charge is 2.23. The van der Waals surface area contributed by atoms with Gasteiger partial charge in [0.15, 0.2) is 11.3 Å². The van der Waals surface area contributed by atoms with Crippen molar-refractivity contribution in [3.63, 3.8) is 0 Å². The Morgan fingerprint density at radius 2 is 1.18 bits per heavy atom. The third kappa shape index (κ3) is 10.2. The Morgan fingerprint density at radius 1 is 0.677 bits per heavy atom. The fraction of sp³-hybridized carbons (Fsp3) is 0.250. The van der Waals surface area contributed by atoms with Gasteiger partial charge in [0, 0.05) is 61.1 Å². The van der Waals surface area contributed by atoms with Crippen LogP contribution in [0.25, 0.3) is 33.8 Å². The first kappa shape index (κ1) is 44.2. The van der Waals surface area contributed by atoms with Gasteiger partial charge < -0.3 is 30.3 Å². The maximum Gasteiger partial charge on any atom is 0.337 e. The summed E-state index contributed by atoms with van der Waals surface area (Å²) in [6, 6.07) is 31.1. The van der Waals surface area contributed by atoms with Gasteiger partial charge in [0.25, 0.3) is 0 Å². The zero-order valence-electron chi connectivity index (χ0n) is 36.5. The molecule has 3 N–H and O–H groups in total. The SMILES string of the molecule is CC1CCCN1c1cccc(N)n1.COC(=O)c1ccc(-c2cc(Br)c3nccn3n2)cc1.COC(=O)c1ccc(-c2cc(Nc3cccc(N4CCCC4C)n3)c3nccn3n2)cc1. The lowest BCUT2D eigenvalue weighted by atomic mass is 10.1. The standard InChI is InChI=1S/C24H24N6O2.C14H10BrN3O2.C10H15N3/c1-16-5-4-13-29(16)22-7-3-6-21(27-22)26-20-15-19(28-30-14-12-25-23(20)30)17-8-10-18(11-9-17)24(31)32-2;1-20-14(19)10-4-2-9(3-5-10)12-8-11(15)13-16-6-7-18(13)17-12;1-8-4-3-7-13(8)10-6-2-5-9(11)12-10/h3,6-12,14-16H,4-5,13H2,1-2H3,(H,26,27);2-8H,1H3;2,5-6,8H,3-4,7H2,1H3,(H2,11,12). The Hall–Kier alpha value is -7.40. The molecule has 65 heavy (non-hydrogen) atoms. The van der Waals surface area contributed by atoms with Crippen molar-refractivity contribution in [2.24, 2.45) is 0 Å². The Kier molecular flexibility index (Phi) is 13.6. The Bertz CT molecular complexity index is 2920. The van der Waals surface area contributed by atoms with Gasteiger partial charge in [0.05, 0.1) is 46.9 Å². The molecule has 10 rings (SSSR count). The lowest BCUT2D eigenvalue weighted by Crippen LogP contribution is -2.27. The van der Waals surface area contributed by atoms with Crippen molar-refractivity contribution in [3.05, 3.63) is 137 Å². The average molecular weight is 938 g/mol. The third-order valence-electron chi connectivity index (χ3n) is 11.3. The van der Waals surface area contributed by atoms with E-state index in [1.54, 1.807) is 51.9 Å². The molecule has 2 atom stereocenters. The number of benzene rings is 2. The molecule has 16 nitrogen and oxygen atoms in total. The molecule has 0 saturated carbocycles. The second-order valence-corrected chi connectivity index (χ2v) is 16.5. The van der Waals surface area contributed by atoms with Crippen LogP contribution in [0.15, 0.2) is 126 Å². The van der Waals surface area contributed by atoms with Gasteiger partial charge in [-0.05, 0) is 116 Å². The molecule has 2 unspecified atom stereocenters. The molecule has 6 aromatic heterocycles. The van der Waals surface area contributed by atoms with E-state index in [1.165, 1.54) is 39.9 Å². The second kappa shape index (κ2) is 20.0. The fourth-order valence-electron chi connectivity index (χ4n) is 7.90. The lowest BCUT2D eigenvalue weighted by Gasteiger charge is -2.23. The largest absolute Gasteiger partial charge is 0.465 e. The number of esters is 2. The number of hydrogen-bond donors (Lipinski definition) is 2. The van der Waals surface area contributed by atoms with Crippen LogP contribution in [0, 0.1) is 0 Å². The number of nitrogens with zero attached hydrogens (tertiary/aromatic N) is 10. The molecule has 2 saturated heterocycles. The first-order chi connectivity index (χ1) is 31.6. The first-order valence-corrected chi connectivity index (χ1v) is 22.1. The summed E-state index contributed by atoms with van der Waals surface area (Å²) < 4.78 is 13.8. The van der Waals surface area contributed by atoms with E-state index in [4.69, 9.17) is 15.5 Å². The zero-order valence-corrected chi connectivity index (χ0v) is 38.1. The Morgan fingerprint density at radius 3 is 1.71 bits per heavy atom. The number of nitrogens with two attached hydrogens (primary N) is 1. The lowest BCUT2D eigenvalue weighted by molar-refractivity contribution is 0.0592. The fourth-order valence-corrected chi connectivity index (χ4v) is 8.40. The van der Waals surface area contributed by atoms with Gasteiger partial charge >= 0.3 is 11.9 Å². The minimum Gasteiger partial charge on any atom is -0.465 e. The number of pyridine rings is 2. The van der Waals surface area contributed by atoms with E-state index < -0.39 is 0 Å². The number of halogens is 1. The summed E-state index contributed by atoms with van der Waals surface area (Å²) in [6.45, 7) is 6.61. The summed E-state index contributed by atoms with van der Waals surface area (Å²) in [6.07, 6.45) is 11.9. The molecule has 0 amide bonds. The number of carbonyl (C=O) groups excluding carboxylic acids is 2. The van der Waals surface area contributed by atoms with Crippen LogP contribution in [-0.4, -0.2) is 90.5 Å². The highest BCUT2D eigenvalue weighted by molar-refractivity contribution is 9.10. The highest BCUT2D eigenvalue weighted by Crippen LogP contribution is 2.30. The third-order valence-corrected chi connectivity index (χ3v) is 11.9. The predicted octanol–water partition coefficient (Wildman–Crippen LogP) is 8.91. The smallest absolute Gasteiger partial charge is 0.337 e. The quantitative estimate of drug-likeness (QED) is 0.138. The molecule has 2 fully saturated rings. The van der Waals surface area contributed by atoms with E-state index >= 15 is 0 Å². The first-order valence-electron chi connectivity index (χ1n) is 21.3. The van der Waals surface area contributed by atoms with Crippen LogP contribution in [0.5, 0.6) is 0 Å². The molecule has 2 aliphatic heterocycles. The zero-order chi connectivity index (χ0) is 45.5. The number of methoxy groups -OCH3 is 2. The maximum atomic E-state index is 11.7. The molecular formula is C48H49BrN12O4. The van der Waals surface area contributed by atoms with Crippen molar-refractivity contribution in [1.29, 1.82) is 0 Å². The summed E-state index contributed by atoms with van der Waals surface area (Å²) in [5, 5.41) is 12.6. The van der Waals surface area contributed by atoms with Crippen LogP contribution in [0.4, 0.5) is 29.0 Å². The van der Waals surface area contributed by atoms with E-state index in [2.05, 4.69) is 80.8 Å². The molecule has 2 aliphatic rings. The van der Waals surface area contributed by atoms with E-state index in [1.807, 2.05) is 72.9 Å². The molecular weight excluding hydrogens is 889 g/mol. The van der Waals surface area contributed by atoms with Gasteiger partial charge in [-0.25, -0.2) is 38.6 Å². The van der Waals surface area contributed by atoms with Crippen LogP contribution in [-0.2, 0) is 9.47 Å². The van der Waals surface area contributed by atoms with Crippen molar-refractivity contribution in [2.45, 2.75) is 51.6 Å². The van der Waals surface area contributed by atoms with Crippen LogP contribution < -0.4 is 20.9 Å². The number of nitrogen functional groups attached to an aromatic ring is 1. The van der Waals surface area contributed by atoms with E-state index in [0.717, 1.165) is 68.9 Å². The monoisotopic (exact) mass is 936 g/mol. The molecule has 0 radical (unpaired) electrons.